The summed E-state index contributed by atoms with van der Waals surface area (Å²) in [5.74, 6) is 0.430. The second kappa shape index (κ2) is 5.94. The Kier molecular flexibility index (Phi) is 4.00. The number of nitrogens with zero attached hydrogens (tertiary/aromatic N) is 3. The summed E-state index contributed by atoms with van der Waals surface area (Å²) in [6, 6.07) is 5.06. The molecule has 2 heterocycles. The van der Waals surface area contributed by atoms with Crippen molar-refractivity contribution in [3.05, 3.63) is 39.6 Å². The minimum absolute atomic E-state index is 0.198. The summed E-state index contributed by atoms with van der Waals surface area (Å²) in [5, 5.41) is 13.9. The molecule has 0 radical (unpaired) electrons. The molecule has 1 atom stereocenters. The number of hydrogen-bond donors (Lipinski definition) is 2. The van der Waals surface area contributed by atoms with Gasteiger partial charge < -0.3 is 4.84 Å². The Hall–Kier alpha value is -2.12. The van der Waals surface area contributed by atoms with E-state index < -0.39 is 6.10 Å². The molecule has 0 fully saturated rings. The number of benzene rings is 1. The van der Waals surface area contributed by atoms with Gasteiger partial charge in [0.25, 0.3) is 5.91 Å². The van der Waals surface area contributed by atoms with Crippen LogP contribution in [0.5, 0.6) is 0 Å². The third-order valence-corrected chi connectivity index (χ3v) is 3.58. The van der Waals surface area contributed by atoms with Crippen molar-refractivity contribution >= 4 is 40.8 Å². The highest BCUT2D eigenvalue weighted by Crippen LogP contribution is 2.26. The first-order valence-corrected chi connectivity index (χ1v) is 7.16. The van der Waals surface area contributed by atoms with Gasteiger partial charge in [-0.3, -0.25) is 15.2 Å². The van der Waals surface area contributed by atoms with Crippen molar-refractivity contribution < 1.29 is 9.63 Å². The highest BCUT2D eigenvalue weighted by atomic mass is 35.5. The van der Waals surface area contributed by atoms with E-state index in [2.05, 4.69) is 25.7 Å². The normalized spacial score (nSPS) is 17.0. The molecule has 3 rings (SSSR count). The third-order valence-electron chi connectivity index (χ3n) is 3.04. The van der Waals surface area contributed by atoms with Crippen LogP contribution in [0.4, 0.5) is 5.95 Å². The van der Waals surface area contributed by atoms with Gasteiger partial charge in [-0.1, -0.05) is 34.4 Å². The number of carbonyl (C=O) groups excluding carboxylic acids is 1. The first kappa shape index (κ1) is 14.8. The van der Waals surface area contributed by atoms with Crippen LogP contribution in [0.2, 0.25) is 10.0 Å². The van der Waals surface area contributed by atoms with Gasteiger partial charge in [0, 0.05) is 17.0 Å². The van der Waals surface area contributed by atoms with Crippen molar-refractivity contribution in [1.82, 2.24) is 15.2 Å². The number of rotatable bonds is 3. The fourth-order valence-corrected chi connectivity index (χ4v) is 2.51. The summed E-state index contributed by atoms with van der Waals surface area (Å²) in [4.78, 5) is 21.2. The molecule has 0 saturated heterocycles. The molecule has 1 aliphatic rings. The van der Waals surface area contributed by atoms with E-state index in [1.165, 1.54) is 0 Å². The molecule has 0 spiro atoms. The Labute approximate surface area is 135 Å². The minimum atomic E-state index is -0.749. The monoisotopic (exact) mass is 339 g/mol. The maximum atomic E-state index is 12.1. The summed E-state index contributed by atoms with van der Waals surface area (Å²) in [6.07, 6.45) is -0.447. The van der Waals surface area contributed by atoms with Crippen LogP contribution in [0.25, 0.3) is 0 Å². The molecule has 0 aliphatic carbocycles. The smallest absolute Gasteiger partial charge is 0.271 e. The Balaban J connectivity index is 1.67. The van der Waals surface area contributed by atoms with Gasteiger partial charge in [0.15, 0.2) is 0 Å². The number of carbonyl (C=O) groups is 1. The summed E-state index contributed by atoms with van der Waals surface area (Å²) in [6.45, 7) is 1.73. The van der Waals surface area contributed by atoms with Gasteiger partial charge in [-0.25, -0.2) is 0 Å². The summed E-state index contributed by atoms with van der Waals surface area (Å²) < 4.78 is 0. The number of aryl methyl sites for hydroxylation is 1. The van der Waals surface area contributed by atoms with Crippen LogP contribution in [-0.4, -0.2) is 32.9 Å². The highest BCUT2D eigenvalue weighted by Gasteiger charge is 2.30. The van der Waals surface area contributed by atoms with Crippen LogP contribution >= 0.6 is 23.2 Å². The summed E-state index contributed by atoms with van der Waals surface area (Å²) in [5.41, 5.74) is 1.28. The van der Waals surface area contributed by atoms with E-state index in [-0.39, 0.29) is 11.9 Å². The first-order chi connectivity index (χ1) is 10.5. The SMILES string of the molecule is Cc1nc(NC(=O)[C@H]2CC(c3ccc(Cl)cc3Cl)=NO2)n[nH]1. The topological polar surface area (TPSA) is 92.3 Å². The standard InChI is InChI=1S/C13H11Cl2N5O2/c1-6-16-13(19-18-6)17-12(21)11-5-10(20-22-11)8-3-2-7(14)4-9(8)15/h2-4,11H,5H2,1H3,(H2,16,17,18,19,21)/t11-/m1/s1. The van der Waals surface area contributed by atoms with Crippen LogP contribution in [-0.2, 0) is 9.63 Å². The molecule has 1 aromatic heterocycles. The molecule has 0 saturated carbocycles. The summed E-state index contributed by atoms with van der Waals surface area (Å²) >= 11 is 12.0. The molecule has 1 amide bonds. The maximum absolute atomic E-state index is 12.1. The Bertz CT molecular complexity index is 759. The average Bonchev–Trinajstić information content (AvgIpc) is 3.08. The van der Waals surface area contributed by atoms with E-state index in [1.54, 1.807) is 25.1 Å². The van der Waals surface area contributed by atoms with E-state index in [9.17, 15) is 4.79 Å². The largest absolute Gasteiger partial charge is 0.382 e. The van der Waals surface area contributed by atoms with E-state index in [1.807, 2.05) is 0 Å². The van der Waals surface area contributed by atoms with Crippen LogP contribution in [0, 0.1) is 6.92 Å². The number of hydrogen-bond acceptors (Lipinski definition) is 5. The fraction of sp³-hybridized carbons (Fsp3) is 0.231. The number of aromatic amines is 1. The van der Waals surface area contributed by atoms with Gasteiger partial charge >= 0.3 is 0 Å². The maximum Gasteiger partial charge on any atom is 0.271 e. The predicted octanol–water partition coefficient (Wildman–Crippen LogP) is 2.55. The quantitative estimate of drug-likeness (QED) is 0.898. The van der Waals surface area contributed by atoms with E-state index in [4.69, 9.17) is 28.0 Å². The van der Waals surface area contributed by atoms with Gasteiger partial charge in [-0.15, -0.1) is 5.10 Å². The van der Waals surface area contributed by atoms with Crippen molar-refractivity contribution in [1.29, 1.82) is 0 Å². The fourth-order valence-electron chi connectivity index (χ4n) is 1.99. The van der Waals surface area contributed by atoms with Crippen molar-refractivity contribution in [2.45, 2.75) is 19.4 Å². The van der Waals surface area contributed by atoms with Crippen molar-refractivity contribution in [3.8, 4) is 0 Å². The van der Waals surface area contributed by atoms with E-state index in [0.29, 0.717) is 33.6 Å². The predicted molar refractivity (Wildman–Crippen MR) is 82.2 cm³/mol. The molecule has 0 unspecified atom stereocenters. The number of anilines is 1. The van der Waals surface area contributed by atoms with Crippen molar-refractivity contribution in [2.75, 3.05) is 5.32 Å². The van der Waals surface area contributed by atoms with Crippen molar-refractivity contribution in [2.24, 2.45) is 5.16 Å². The molecular formula is C13H11Cl2N5O2. The van der Waals surface area contributed by atoms with Crippen LogP contribution in [0.3, 0.4) is 0 Å². The van der Waals surface area contributed by atoms with Gasteiger partial charge in [0.05, 0.1) is 10.7 Å². The molecule has 0 bridgehead atoms. The Morgan fingerprint density at radius 3 is 2.95 bits per heavy atom. The van der Waals surface area contributed by atoms with Crippen LogP contribution in [0.15, 0.2) is 23.4 Å². The molecule has 22 heavy (non-hydrogen) atoms. The molecule has 9 heteroatoms. The lowest BCUT2D eigenvalue weighted by Gasteiger charge is -2.06. The zero-order chi connectivity index (χ0) is 15.7. The first-order valence-electron chi connectivity index (χ1n) is 6.41. The van der Waals surface area contributed by atoms with Gasteiger partial charge in [0.1, 0.15) is 5.82 Å². The molecule has 114 valence electrons. The molecule has 2 N–H and O–H groups in total. The lowest BCUT2D eigenvalue weighted by molar-refractivity contribution is -0.125. The average molecular weight is 340 g/mol. The zero-order valence-corrected chi connectivity index (χ0v) is 12.9. The third kappa shape index (κ3) is 3.05. The number of H-pyrrole nitrogens is 1. The summed E-state index contributed by atoms with van der Waals surface area (Å²) in [7, 11) is 0. The lowest BCUT2D eigenvalue weighted by Crippen LogP contribution is -2.28. The Morgan fingerprint density at radius 2 is 2.27 bits per heavy atom. The molecule has 1 aliphatic heterocycles. The Morgan fingerprint density at radius 1 is 1.45 bits per heavy atom. The van der Waals surface area contributed by atoms with Gasteiger partial charge in [-0.05, 0) is 19.1 Å². The zero-order valence-electron chi connectivity index (χ0n) is 11.4. The van der Waals surface area contributed by atoms with E-state index in [0.717, 1.165) is 0 Å². The molecule has 1 aromatic carbocycles. The van der Waals surface area contributed by atoms with E-state index >= 15 is 0 Å². The minimum Gasteiger partial charge on any atom is -0.382 e. The van der Waals surface area contributed by atoms with Crippen LogP contribution in [0.1, 0.15) is 17.8 Å². The lowest BCUT2D eigenvalue weighted by atomic mass is 10.0. The van der Waals surface area contributed by atoms with Crippen molar-refractivity contribution in [3.63, 3.8) is 0 Å². The van der Waals surface area contributed by atoms with Gasteiger partial charge in [0.2, 0.25) is 12.1 Å². The molecular weight excluding hydrogens is 329 g/mol. The number of aromatic nitrogens is 3. The van der Waals surface area contributed by atoms with Gasteiger partial charge in [-0.2, -0.15) is 4.98 Å². The number of nitrogens with one attached hydrogen (secondary N) is 2. The van der Waals surface area contributed by atoms with Crippen LogP contribution < -0.4 is 5.32 Å². The number of halogens is 2. The second-order valence-electron chi connectivity index (χ2n) is 4.69. The molecule has 7 nitrogen and oxygen atoms in total. The second-order valence-corrected chi connectivity index (χ2v) is 5.54. The highest BCUT2D eigenvalue weighted by molar-refractivity contribution is 6.37. The number of oxime groups is 1. The number of amides is 1. The molecule has 2 aromatic rings.